The van der Waals surface area contributed by atoms with Gasteiger partial charge in [0.05, 0.1) is 5.02 Å². The minimum atomic E-state index is 0.101. The number of para-hydroxylation sites is 2. The monoisotopic (exact) mass is 263 g/mol. The third-order valence-electron chi connectivity index (χ3n) is 2.69. The molecule has 4 heteroatoms. The number of phenolic OH excluding ortho intramolecular Hbond substituents is 2. The van der Waals surface area contributed by atoms with Crippen molar-refractivity contribution in [1.29, 1.82) is 0 Å². The van der Waals surface area contributed by atoms with E-state index in [9.17, 15) is 10.2 Å². The lowest BCUT2D eigenvalue weighted by molar-refractivity contribution is 0.459. The molecule has 0 atom stereocenters. The Morgan fingerprint density at radius 2 is 1.56 bits per heavy atom. The van der Waals surface area contributed by atoms with E-state index in [1.807, 2.05) is 12.1 Å². The Labute approximate surface area is 111 Å². The molecule has 0 heterocycles. The number of rotatable bonds is 4. The van der Waals surface area contributed by atoms with Gasteiger partial charge in [0.25, 0.3) is 0 Å². The van der Waals surface area contributed by atoms with E-state index < -0.39 is 0 Å². The average Bonchev–Trinajstić information content (AvgIpc) is 2.37. The topological polar surface area (TPSA) is 52.5 Å². The van der Waals surface area contributed by atoms with E-state index in [-0.39, 0.29) is 11.5 Å². The van der Waals surface area contributed by atoms with Gasteiger partial charge in [0.1, 0.15) is 11.5 Å². The molecule has 0 spiro atoms. The van der Waals surface area contributed by atoms with Gasteiger partial charge in [0.2, 0.25) is 0 Å². The molecule has 3 N–H and O–H groups in total. The molecule has 0 unspecified atom stereocenters. The normalized spacial score (nSPS) is 10.5. The van der Waals surface area contributed by atoms with Gasteiger partial charge in [-0.1, -0.05) is 41.9 Å². The van der Waals surface area contributed by atoms with Crippen LogP contribution in [0, 0.1) is 0 Å². The van der Waals surface area contributed by atoms with Crippen molar-refractivity contribution in [3.63, 3.8) is 0 Å². The van der Waals surface area contributed by atoms with Crippen LogP contribution in [-0.4, -0.2) is 10.2 Å². The number of benzene rings is 2. The summed E-state index contributed by atoms with van der Waals surface area (Å²) in [5.41, 5.74) is 1.55. The van der Waals surface area contributed by atoms with Crippen molar-refractivity contribution in [2.75, 3.05) is 0 Å². The van der Waals surface area contributed by atoms with Crippen molar-refractivity contribution in [3.05, 3.63) is 58.6 Å². The Bertz CT molecular complexity index is 543. The van der Waals surface area contributed by atoms with Crippen molar-refractivity contribution < 1.29 is 10.2 Å². The van der Waals surface area contributed by atoms with Gasteiger partial charge >= 0.3 is 0 Å². The van der Waals surface area contributed by atoms with Crippen LogP contribution in [0.25, 0.3) is 0 Å². The van der Waals surface area contributed by atoms with Crippen LogP contribution >= 0.6 is 11.6 Å². The summed E-state index contributed by atoms with van der Waals surface area (Å²) in [6.45, 7) is 1.01. The third kappa shape index (κ3) is 2.94. The molecule has 0 aliphatic heterocycles. The zero-order chi connectivity index (χ0) is 13.0. The average molecular weight is 264 g/mol. The highest BCUT2D eigenvalue weighted by atomic mass is 35.5. The first-order valence-corrected chi connectivity index (χ1v) is 6.00. The van der Waals surface area contributed by atoms with Gasteiger partial charge in [-0.15, -0.1) is 0 Å². The Balaban J connectivity index is 1.97. The number of phenols is 2. The van der Waals surface area contributed by atoms with E-state index in [1.165, 1.54) is 0 Å². The quantitative estimate of drug-likeness (QED) is 0.795. The minimum Gasteiger partial charge on any atom is -0.508 e. The molecule has 0 aliphatic rings. The second-order valence-electron chi connectivity index (χ2n) is 3.98. The van der Waals surface area contributed by atoms with E-state index in [4.69, 9.17) is 11.6 Å². The Kier molecular flexibility index (Phi) is 4.07. The zero-order valence-electron chi connectivity index (χ0n) is 9.73. The highest BCUT2D eigenvalue weighted by molar-refractivity contribution is 6.32. The summed E-state index contributed by atoms with van der Waals surface area (Å²) in [7, 11) is 0. The van der Waals surface area contributed by atoms with E-state index in [1.54, 1.807) is 30.3 Å². The van der Waals surface area contributed by atoms with Crippen molar-refractivity contribution >= 4 is 11.6 Å². The summed E-state index contributed by atoms with van der Waals surface area (Å²) in [5.74, 6) is 0.365. The molecule has 3 nitrogen and oxygen atoms in total. The Morgan fingerprint density at radius 3 is 2.33 bits per heavy atom. The number of halogens is 1. The molecule has 2 rings (SSSR count). The number of hydrogen-bond donors (Lipinski definition) is 3. The fourth-order valence-corrected chi connectivity index (χ4v) is 1.89. The van der Waals surface area contributed by atoms with Crippen molar-refractivity contribution in [3.8, 4) is 11.5 Å². The predicted molar refractivity (Wildman–Crippen MR) is 71.8 cm³/mol. The molecule has 0 aromatic heterocycles. The first-order valence-electron chi connectivity index (χ1n) is 5.62. The van der Waals surface area contributed by atoms with E-state index in [2.05, 4.69) is 5.32 Å². The maximum absolute atomic E-state index is 9.73. The highest BCUT2D eigenvalue weighted by Gasteiger charge is 2.05. The van der Waals surface area contributed by atoms with E-state index in [0.29, 0.717) is 18.1 Å². The first-order chi connectivity index (χ1) is 8.68. The molecule has 0 saturated carbocycles. The molecule has 0 saturated heterocycles. The molecule has 0 amide bonds. The smallest absolute Gasteiger partial charge is 0.138 e. The van der Waals surface area contributed by atoms with Gasteiger partial charge in [-0.05, 0) is 12.1 Å². The highest BCUT2D eigenvalue weighted by Crippen LogP contribution is 2.26. The Hall–Kier alpha value is -1.71. The molecular formula is C14H14ClNO2. The lowest BCUT2D eigenvalue weighted by Crippen LogP contribution is -2.12. The number of hydrogen-bond acceptors (Lipinski definition) is 3. The lowest BCUT2D eigenvalue weighted by atomic mass is 10.1. The minimum absolute atomic E-state index is 0.101. The maximum atomic E-state index is 9.73. The SMILES string of the molecule is Oc1ccccc1CNCc1cccc(Cl)c1O. The van der Waals surface area contributed by atoms with Crippen LogP contribution in [0.5, 0.6) is 11.5 Å². The van der Waals surface area contributed by atoms with Crippen LogP contribution in [-0.2, 0) is 13.1 Å². The lowest BCUT2D eigenvalue weighted by Gasteiger charge is -2.08. The molecule has 0 bridgehead atoms. The fourth-order valence-electron chi connectivity index (χ4n) is 1.69. The largest absolute Gasteiger partial charge is 0.508 e. The van der Waals surface area contributed by atoms with Gasteiger partial charge < -0.3 is 15.5 Å². The molecule has 0 fully saturated rings. The number of nitrogens with one attached hydrogen (secondary N) is 1. The molecule has 2 aromatic carbocycles. The Morgan fingerprint density at radius 1 is 0.889 bits per heavy atom. The van der Waals surface area contributed by atoms with Crippen LogP contribution in [0.15, 0.2) is 42.5 Å². The van der Waals surface area contributed by atoms with Gasteiger partial charge in [0.15, 0.2) is 0 Å². The van der Waals surface area contributed by atoms with Crippen molar-refractivity contribution in [2.45, 2.75) is 13.1 Å². The first kappa shape index (κ1) is 12.7. The van der Waals surface area contributed by atoms with Crippen LogP contribution < -0.4 is 5.32 Å². The van der Waals surface area contributed by atoms with Crippen molar-refractivity contribution in [2.24, 2.45) is 0 Å². The van der Waals surface area contributed by atoms with Gasteiger partial charge in [-0.2, -0.15) is 0 Å². The second-order valence-corrected chi connectivity index (χ2v) is 4.39. The summed E-state index contributed by atoms with van der Waals surface area (Å²) < 4.78 is 0. The summed E-state index contributed by atoms with van der Waals surface area (Å²) >= 11 is 5.82. The summed E-state index contributed by atoms with van der Waals surface area (Å²) in [6.07, 6.45) is 0. The van der Waals surface area contributed by atoms with Crippen molar-refractivity contribution in [1.82, 2.24) is 5.32 Å². The van der Waals surface area contributed by atoms with Crippen LogP contribution in [0.4, 0.5) is 0 Å². The molecular weight excluding hydrogens is 250 g/mol. The van der Waals surface area contributed by atoms with Gasteiger partial charge in [0, 0.05) is 24.2 Å². The molecule has 94 valence electrons. The zero-order valence-corrected chi connectivity index (χ0v) is 10.5. The summed E-state index contributed by atoms with van der Waals surface area (Å²) in [4.78, 5) is 0. The summed E-state index contributed by atoms with van der Waals surface area (Å²) in [6, 6.07) is 12.4. The molecule has 18 heavy (non-hydrogen) atoms. The summed E-state index contributed by atoms with van der Waals surface area (Å²) in [5, 5.41) is 22.8. The molecule has 0 radical (unpaired) electrons. The fraction of sp³-hybridized carbons (Fsp3) is 0.143. The molecule has 2 aromatic rings. The van der Waals surface area contributed by atoms with Gasteiger partial charge in [-0.25, -0.2) is 0 Å². The number of aromatic hydroxyl groups is 2. The van der Waals surface area contributed by atoms with Crippen LogP contribution in [0.1, 0.15) is 11.1 Å². The maximum Gasteiger partial charge on any atom is 0.138 e. The van der Waals surface area contributed by atoms with E-state index >= 15 is 0 Å². The predicted octanol–water partition coefficient (Wildman–Crippen LogP) is 3.04. The standard InChI is InChI=1S/C14H14ClNO2/c15-12-6-3-5-11(14(12)18)9-16-8-10-4-1-2-7-13(10)17/h1-7,16-18H,8-9H2. The van der Waals surface area contributed by atoms with Crippen LogP contribution in [0.2, 0.25) is 5.02 Å². The van der Waals surface area contributed by atoms with E-state index in [0.717, 1.165) is 11.1 Å². The van der Waals surface area contributed by atoms with Gasteiger partial charge in [-0.3, -0.25) is 0 Å². The third-order valence-corrected chi connectivity index (χ3v) is 3.00. The molecule has 0 aliphatic carbocycles. The second kappa shape index (κ2) is 5.76. The van der Waals surface area contributed by atoms with Crippen LogP contribution in [0.3, 0.4) is 0 Å².